The standard InChI is InChI=1S/C22H25N3O5S2.2C22H23N3O4S.C14H19N3O4S.C8H7BrO.CH4/c1-22(2,3)30-21(26)24-18(13-15-9-11-17(12-10-15)25-32(27,28)29)20-23-19(14-31-20)16-7-5-4-6-8-16;2*1-22(2,3)29-21(26)24-18(13-15-9-11-17(12-10-15)25(27)28)20-23-19(14-30-20)16-7-5-4-6-8-16;1-14(2,3)21-13(18)16-11(12(15)22)8-9-4-6-10(7-5-9)17(19)20;9-6-8(10)7-4-2-1-3-5-7;/h4-12,14,18,25H,13H2,1-3H3,(H,24,26)(H,27,28,29);2*4-12,14,18H,13H2,1-3H3,(H,24,26);4-7,11H,8H2,1-3H3,(H2,15,22)(H,16,18);1-5H,6H2;1H4/t3*18-;11-;;/m0000../s1. The minimum Gasteiger partial charge on any atom is -0.444 e. The number of nitrogens with zero attached hydrogens (tertiary/aromatic N) is 6. The Labute approximate surface area is 752 Å². The molecule has 4 amide bonds. The molecule has 30 nitrogen and oxygen atoms in total. The number of thiocarbonyl (C=S) groups is 1. The second kappa shape index (κ2) is 47.5. The number of alkyl carbamates (subject to hydrolysis) is 4. The van der Waals surface area contributed by atoms with E-state index in [-0.39, 0.29) is 40.9 Å². The second-order valence-corrected chi connectivity index (χ2v) is 36.1. The first-order valence-electron chi connectivity index (χ1n) is 38.3. The number of hydrogen-bond donors (Lipinski definition) is 7. The van der Waals surface area contributed by atoms with Crippen LogP contribution >= 0.6 is 62.2 Å². The molecule has 3 heterocycles. The number of nitrogens with one attached hydrogen (secondary N) is 5. The minimum absolute atomic E-state index is 0. The van der Waals surface area contributed by atoms with Crippen molar-refractivity contribution in [3.63, 3.8) is 0 Å². The lowest BCUT2D eigenvalue weighted by atomic mass is 10.1. The zero-order valence-electron chi connectivity index (χ0n) is 69.9. The smallest absolute Gasteiger partial charge is 0.408 e. The lowest BCUT2D eigenvalue weighted by Crippen LogP contribution is -2.46. The fraction of sp³-hybridized carbons (Fsp3) is 0.292. The van der Waals surface area contributed by atoms with Gasteiger partial charge in [-0.1, -0.05) is 205 Å². The minimum atomic E-state index is -4.34. The predicted octanol–water partition coefficient (Wildman–Crippen LogP) is 21.1. The van der Waals surface area contributed by atoms with Gasteiger partial charge in [-0.05, 0) is 143 Å². The molecule has 11 rings (SSSR count). The number of rotatable bonds is 26. The van der Waals surface area contributed by atoms with Gasteiger partial charge < -0.3 is 45.9 Å². The van der Waals surface area contributed by atoms with Gasteiger partial charge in [-0.25, -0.2) is 34.1 Å². The summed E-state index contributed by atoms with van der Waals surface area (Å²) in [6.45, 7) is 21.4. The molecule has 0 radical (unpaired) electrons. The number of ketones is 1. The van der Waals surface area contributed by atoms with Crippen molar-refractivity contribution >= 4 is 130 Å². The number of anilines is 1. The monoisotopic (exact) mass is 1860 g/mol. The number of amides is 4. The molecule has 8 N–H and O–H groups in total. The number of ether oxygens (including phenoxy) is 4. The van der Waals surface area contributed by atoms with E-state index in [1.54, 1.807) is 132 Å². The highest BCUT2D eigenvalue weighted by atomic mass is 79.9. The third-order valence-electron chi connectivity index (χ3n) is 16.4. The molecular formula is C89H101BrN12O18S5. The van der Waals surface area contributed by atoms with Gasteiger partial charge >= 0.3 is 34.7 Å². The Balaban J connectivity index is 0.000000249. The van der Waals surface area contributed by atoms with Crippen LogP contribution in [0.4, 0.5) is 41.9 Å². The van der Waals surface area contributed by atoms with Crippen molar-refractivity contribution in [3.05, 3.63) is 308 Å². The fourth-order valence-electron chi connectivity index (χ4n) is 11.0. The van der Waals surface area contributed by atoms with Gasteiger partial charge in [0.1, 0.15) is 37.4 Å². The van der Waals surface area contributed by atoms with Crippen LogP contribution in [0.3, 0.4) is 0 Å². The number of thiazole rings is 3. The number of benzene rings is 8. The third-order valence-corrected chi connectivity index (χ3v) is 20.6. The number of non-ortho nitro benzene ring substituents is 3. The summed E-state index contributed by atoms with van der Waals surface area (Å²) in [5.41, 5.74) is 12.9. The number of Topliss-reactive ketones (excluding diaryl/α,β-unsaturated/α-hetero) is 1. The molecule has 4 atom stereocenters. The molecule has 3 aromatic heterocycles. The molecular weight excluding hydrogens is 1770 g/mol. The molecule has 0 unspecified atom stereocenters. The maximum atomic E-state index is 12.5. The van der Waals surface area contributed by atoms with Crippen LogP contribution in [0.25, 0.3) is 33.8 Å². The topological polar surface area (TPSA) is 431 Å². The molecule has 36 heteroatoms. The van der Waals surface area contributed by atoms with E-state index in [0.29, 0.717) is 31.0 Å². The van der Waals surface area contributed by atoms with Crippen LogP contribution in [0.1, 0.15) is 156 Å². The van der Waals surface area contributed by atoms with Gasteiger partial charge in [0.05, 0.1) is 72.0 Å². The average molecular weight is 1870 g/mol. The normalized spacial score (nSPS) is 12.0. The summed E-state index contributed by atoms with van der Waals surface area (Å²) in [7, 11) is -4.34. The SMILES string of the molecule is C.CC(C)(C)OC(=O)N[C@@H](Cc1ccc(NS(=O)(=O)O)cc1)c1nc(-c2ccccc2)cs1.CC(C)(C)OC(=O)N[C@@H](Cc1ccc([N+](=O)[O-])cc1)C(N)=S.CC(C)(C)OC(=O)N[C@@H](Cc1ccc([N+](=O)[O-])cc1)c1nc(-c2ccccc2)cs1.CC(C)(C)OC(=O)N[C@@H](Cc1ccc([N+](=O)[O-])cc1)c1nc(-c2ccccc2)cs1.O=C(CBr)c1ccccc1. The Morgan fingerprint density at radius 1 is 0.432 bits per heavy atom. The highest BCUT2D eigenvalue weighted by molar-refractivity contribution is 9.09. The number of nitro groups is 3. The van der Waals surface area contributed by atoms with E-state index in [1.807, 2.05) is 142 Å². The van der Waals surface area contributed by atoms with E-state index in [1.165, 1.54) is 82.5 Å². The Morgan fingerprint density at radius 2 is 0.688 bits per heavy atom. The number of nitro benzene ring substituents is 3. The van der Waals surface area contributed by atoms with Gasteiger partial charge in [0.2, 0.25) is 0 Å². The highest BCUT2D eigenvalue weighted by Gasteiger charge is 2.29. The van der Waals surface area contributed by atoms with Gasteiger partial charge in [-0.3, -0.25) is 44.4 Å². The molecule has 125 heavy (non-hydrogen) atoms. The molecule has 662 valence electrons. The second-order valence-electron chi connectivity index (χ2n) is 31.3. The molecule has 0 aliphatic rings. The fourth-order valence-corrected chi connectivity index (χ4v) is 14.5. The summed E-state index contributed by atoms with van der Waals surface area (Å²) in [4.78, 5) is 105. The van der Waals surface area contributed by atoms with E-state index in [9.17, 15) is 62.7 Å². The summed E-state index contributed by atoms with van der Waals surface area (Å²) in [5.74, 6) is 0.126. The first-order valence-corrected chi connectivity index (χ1v) is 43.9. The number of hydrogen-bond acceptors (Lipinski definition) is 24. The first kappa shape index (κ1) is 101. The van der Waals surface area contributed by atoms with Crippen molar-refractivity contribution in [1.82, 2.24) is 36.2 Å². The van der Waals surface area contributed by atoms with Gasteiger partial charge in [0.25, 0.3) is 17.1 Å². The zero-order valence-corrected chi connectivity index (χ0v) is 75.6. The Morgan fingerprint density at radius 3 is 0.936 bits per heavy atom. The van der Waals surface area contributed by atoms with Crippen molar-refractivity contribution in [1.29, 1.82) is 0 Å². The molecule has 0 saturated carbocycles. The van der Waals surface area contributed by atoms with E-state index in [0.717, 1.165) is 76.6 Å². The van der Waals surface area contributed by atoms with Gasteiger partial charge in [0, 0.05) is 74.8 Å². The molecule has 0 fully saturated rings. The molecule has 0 aliphatic heterocycles. The quantitative estimate of drug-likeness (QED) is 0.00503. The lowest BCUT2D eigenvalue weighted by Gasteiger charge is -2.23. The number of carbonyl (C=O) groups is 5. The molecule has 8 aromatic carbocycles. The molecule has 0 spiro atoms. The maximum Gasteiger partial charge on any atom is 0.408 e. The van der Waals surface area contributed by atoms with Crippen LogP contribution in [-0.2, 0) is 54.9 Å². The molecule has 0 saturated heterocycles. The molecule has 0 bridgehead atoms. The summed E-state index contributed by atoms with van der Waals surface area (Å²) in [6.07, 6.45) is -0.648. The van der Waals surface area contributed by atoms with Crippen molar-refractivity contribution < 1.29 is 70.7 Å². The van der Waals surface area contributed by atoms with Crippen LogP contribution in [0.5, 0.6) is 0 Å². The Kier molecular flexibility index (Phi) is 38.6. The van der Waals surface area contributed by atoms with E-state index in [2.05, 4.69) is 37.2 Å². The van der Waals surface area contributed by atoms with E-state index < -0.39 is 96.0 Å². The van der Waals surface area contributed by atoms with E-state index >= 15 is 0 Å². The summed E-state index contributed by atoms with van der Waals surface area (Å²) in [5, 5.41) is 52.1. The largest absolute Gasteiger partial charge is 0.444 e. The van der Waals surface area contributed by atoms with Crippen LogP contribution in [-0.4, -0.2) is 112 Å². The average Bonchev–Trinajstić information content (AvgIpc) is 1.72. The van der Waals surface area contributed by atoms with Crippen LogP contribution in [0.2, 0.25) is 0 Å². The number of nitrogens with two attached hydrogens (primary N) is 1. The highest BCUT2D eigenvalue weighted by Crippen LogP contribution is 2.33. The third kappa shape index (κ3) is 37.3. The number of carbonyl (C=O) groups excluding carboxylic acids is 5. The number of aromatic nitrogens is 3. The number of alkyl halides is 1. The van der Waals surface area contributed by atoms with Gasteiger partial charge in [0.15, 0.2) is 5.78 Å². The summed E-state index contributed by atoms with van der Waals surface area (Å²) >= 11 is 12.4. The maximum absolute atomic E-state index is 12.5. The first-order chi connectivity index (χ1) is 58.3. The molecule has 11 aromatic rings. The molecule has 0 aliphatic carbocycles. The van der Waals surface area contributed by atoms with Crippen LogP contribution in [0.15, 0.2) is 235 Å². The summed E-state index contributed by atoms with van der Waals surface area (Å²) < 4.78 is 54.3. The lowest BCUT2D eigenvalue weighted by molar-refractivity contribution is -0.385. The predicted molar refractivity (Wildman–Crippen MR) is 496 cm³/mol. The van der Waals surface area contributed by atoms with Crippen molar-refractivity contribution in [2.24, 2.45) is 5.73 Å². The van der Waals surface area contributed by atoms with Crippen molar-refractivity contribution in [2.75, 3.05) is 10.1 Å². The van der Waals surface area contributed by atoms with Crippen molar-refractivity contribution in [2.45, 2.75) is 163 Å². The van der Waals surface area contributed by atoms with Crippen LogP contribution in [0, 0.1) is 30.3 Å². The van der Waals surface area contributed by atoms with Gasteiger partial charge in [-0.15, -0.1) is 34.0 Å². The van der Waals surface area contributed by atoms with E-state index in [4.69, 9.17) is 56.4 Å². The van der Waals surface area contributed by atoms with Crippen molar-refractivity contribution in [3.8, 4) is 33.8 Å². The number of halogens is 1. The zero-order chi connectivity index (χ0) is 91.1. The Hall–Kier alpha value is -12.3. The summed E-state index contributed by atoms with van der Waals surface area (Å²) in [6, 6.07) is 61.7. The van der Waals surface area contributed by atoms with Gasteiger partial charge in [-0.2, -0.15) is 8.42 Å². The Bertz CT molecular complexity index is 5290. The van der Waals surface area contributed by atoms with Crippen LogP contribution < -0.4 is 31.7 Å².